The van der Waals surface area contributed by atoms with E-state index in [1.807, 2.05) is 19.9 Å². The van der Waals surface area contributed by atoms with Crippen molar-refractivity contribution in [1.29, 1.82) is 5.41 Å². The molecule has 0 aromatic heterocycles. The molecular formula is C21H24FNO2. The lowest BCUT2D eigenvalue weighted by molar-refractivity contribution is -0.131. The van der Waals surface area contributed by atoms with Gasteiger partial charge < -0.3 is 10.1 Å². The van der Waals surface area contributed by atoms with Crippen molar-refractivity contribution < 1.29 is 13.9 Å². The second-order valence-electron chi connectivity index (χ2n) is 6.57. The number of rotatable bonds is 7. The molecule has 0 saturated heterocycles. The van der Waals surface area contributed by atoms with E-state index in [-0.39, 0.29) is 17.7 Å². The molecule has 0 radical (unpaired) electrons. The van der Waals surface area contributed by atoms with Crippen molar-refractivity contribution in [3.8, 4) is 0 Å². The zero-order valence-electron chi connectivity index (χ0n) is 14.9. The Morgan fingerprint density at radius 1 is 1.40 bits per heavy atom. The second-order valence-corrected chi connectivity index (χ2v) is 6.57. The Morgan fingerprint density at radius 2 is 2.08 bits per heavy atom. The average Bonchev–Trinajstić information content (AvgIpc) is 2.51. The van der Waals surface area contributed by atoms with E-state index in [0.29, 0.717) is 29.7 Å². The number of Topliss-reactive ketones (excluding diaryl/α,β-unsaturated/α-hetero) is 1. The summed E-state index contributed by atoms with van der Waals surface area (Å²) in [5.41, 5.74) is 1.11. The van der Waals surface area contributed by atoms with E-state index in [4.69, 9.17) is 10.1 Å². The van der Waals surface area contributed by atoms with E-state index in [2.05, 4.69) is 6.58 Å². The number of carbonyl (C=O) groups excluding carboxylic acids is 1. The number of allylic oxidation sites excluding steroid dienone is 5. The number of halogens is 1. The first-order valence-electron chi connectivity index (χ1n) is 8.28. The van der Waals surface area contributed by atoms with Gasteiger partial charge in [0.1, 0.15) is 17.7 Å². The average molecular weight is 341 g/mol. The molecule has 4 heteroatoms. The molecule has 0 bridgehead atoms. The topological polar surface area (TPSA) is 50.1 Å². The van der Waals surface area contributed by atoms with Crippen molar-refractivity contribution in [2.24, 2.45) is 0 Å². The van der Waals surface area contributed by atoms with Crippen molar-refractivity contribution in [1.82, 2.24) is 0 Å². The molecule has 1 aliphatic rings. The molecule has 132 valence electrons. The maximum atomic E-state index is 14.4. The van der Waals surface area contributed by atoms with Crippen LogP contribution in [0.2, 0.25) is 0 Å². The number of hydrogen-bond acceptors (Lipinski definition) is 3. The summed E-state index contributed by atoms with van der Waals surface area (Å²) in [6, 6.07) is 4.91. The van der Waals surface area contributed by atoms with Crippen LogP contribution < -0.4 is 0 Å². The minimum atomic E-state index is -0.787. The Labute approximate surface area is 148 Å². The van der Waals surface area contributed by atoms with Crippen LogP contribution in [0.15, 0.2) is 54.3 Å². The van der Waals surface area contributed by atoms with Crippen LogP contribution in [0, 0.1) is 18.2 Å². The molecule has 0 amide bonds. The van der Waals surface area contributed by atoms with Crippen LogP contribution in [0.25, 0.3) is 0 Å². The van der Waals surface area contributed by atoms with E-state index < -0.39 is 5.41 Å². The molecule has 3 nitrogen and oxygen atoms in total. The van der Waals surface area contributed by atoms with Gasteiger partial charge in [0.05, 0.1) is 11.2 Å². The monoisotopic (exact) mass is 341 g/mol. The summed E-state index contributed by atoms with van der Waals surface area (Å²) >= 11 is 0. The predicted octanol–water partition coefficient (Wildman–Crippen LogP) is 4.81. The molecule has 0 spiro atoms. The van der Waals surface area contributed by atoms with E-state index in [0.717, 1.165) is 5.56 Å². The van der Waals surface area contributed by atoms with Crippen molar-refractivity contribution in [2.45, 2.75) is 45.1 Å². The number of hydrogen-bond donors (Lipinski definition) is 1. The van der Waals surface area contributed by atoms with Crippen LogP contribution in [0.4, 0.5) is 4.39 Å². The van der Waals surface area contributed by atoms with E-state index >= 15 is 0 Å². The minimum absolute atomic E-state index is 0.0237. The Bertz CT molecular complexity index is 735. The van der Waals surface area contributed by atoms with E-state index in [1.54, 1.807) is 24.3 Å². The zero-order chi connectivity index (χ0) is 18.6. The first-order chi connectivity index (χ1) is 11.8. The fourth-order valence-corrected chi connectivity index (χ4v) is 3.36. The first kappa shape index (κ1) is 18.8. The molecule has 0 aliphatic heterocycles. The Balaban J connectivity index is 2.10. The predicted molar refractivity (Wildman–Crippen MR) is 98.4 cm³/mol. The van der Waals surface area contributed by atoms with Gasteiger partial charge in [0, 0.05) is 24.6 Å². The second kappa shape index (κ2) is 7.60. The van der Waals surface area contributed by atoms with Crippen molar-refractivity contribution in [3.63, 3.8) is 0 Å². The number of aryl methyl sites for hydroxylation is 1. The van der Waals surface area contributed by atoms with Gasteiger partial charge in [-0.25, -0.2) is 4.39 Å². The Hall–Kier alpha value is -2.49. The lowest BCUT2D eigenvalue weighted by Gasteiger charge is -2.46. The standard InChI is InChI=1S/C21H24FNO2/c1-14(13-23)7-5-9-16(3)25-18-11-21(12-18,17(4)24)20-15(2)8-6-10-19(20)22/h5-10,13,18,23H,1,11-12H2,2-4H3/b7-5?,16-9+,23-13?. The largest absolute Gasteiger partial charge is 0.495 e. The van der Waals surface area contributed by atoms with Crippen LogP contribution in [0.3, 0.4) is 0 Å². The minimum Gasteiger partial charge on any atom is -0.495 e. The van der Waals surface area contributed by atoms with Gasteiger partial charge in [-0.1, -0.05) is 30.9 Å². The van der Waals surface area contributed by atoms with Gasteiger partial charge in [0.2, 0.25) is 0 Å². The maximum absolute atomic E-state index is 14.4. The SMILES string of the molecule is C=C(C=N)C=C/C=C(\C)OC1CC(C(C)=O)(c2c(C)cccc2F)C1. The van der Waals surface area contributed by atoms with Gasteiger partial charge in [-0.05, 0) is 44.1 Å². The van der Waals surface area contributed by atoms with Crippen molar-refractivity contribution >= 4 is 12.0 Å². The molecule has 0 atom stereocenters. The van der Waals surface area contributed by atoms with Crippen LogP contribution in [-0.2, 0) is 14.9 Å². The summed E-state index contributed by atoms with van der Waals surface area (Å²) in [5.74, 6) is 0.361. The molecule has 1 aromatic carbocycles. The van der Waals surface area contributed by atoms with E-state index in [1.165, 1.54) is 19.2 Å². The summed E-state index contributed by atoms with van der Waals surface area (Å²) in [6.07, 6.45) is 7.28. The molecule has 1 aliphatic carbocycles. The zero-order valence-corrected chi connectivity index (χ0v) is 14.9. The number of carbonyl (C=O) groups is 1. The van der Waals surface area contributed by atoms with Crippen LogP contribution in [0.5, 0.6) is 0 Å². The van der Waals surface area contributed by atoms with Crippen LogP contribution in [-0.4, -0.2) is 18.1 Å². The van der Waals surface area contributed by atoms with Gasteiger partial charge in [0.25, 0.3) is 0 Å². The van der Waals surface area contributed by atoms with Crippen LogP contribution in [0.1, 0.15) is 37.8 Å². The van der Waals surface area contributed by atoms with Gasteiger partial charge in [0.15, 0.2) is 0 Å². The lowest BCUT2D eigenvalue weighted by atomic mass is 9.59. The highest BCUT2D eigenvalue weighted by Crippen LogP contribution is 2.48. The normalized spacial score (nSPS) is 23.2. The quantitative estimate of drug-likeness (QED) is 0.440. The summed E-state index contributed by atoms with van der Waals surface area (Å²) in [5, 5.41) is 7.06. The third-order valence-corrected chi connectivity index (χ3v) is 4.71. The highest BCUT2D eigenvalue weighted by Gasteiger charge is 2.52. The Kier molecular flexibility index (Phi) is 5.73. The fourth-order valence-electron chi connectivity index (χ4n) is 3.36. The number of ketones is 1. The lowest BCUT2D eigenvalue weighted by Crippen LogP contribution is -2.51. The number of ether oxygens (including phenoxy) is 1. The smallest absolute Gasteiger partial charge is 0.140 e. The molecular weight excluding hydrogens is 317 g/mol. The molecule has 2 rings (SSSR count). The van der Waals surface area contributed by atoms with E-state index in [9.17, 15) is 9.18 Å². The van der Waals surface area contributed by atoms with Gasteiger partial charge in [-0.3, -0.25) is 4.79 Å². The molecule has 0 unspecified atom stereocenters. The molecule has 1 N–H and O–H groups in total. The molecule has 1 aromatic rings. The first-order valence-corrected chi connectivity index (χ1v) is 8.28. The van der Waals surface area contributed by atoms with Gasteiger partial charge >= 0.3 is 0 Å². The summed E-state index contributed by atoms with van der Waals surface area (Å²) in [4.78, 5) is 12.3. The third-order valence-electron chi connectivity index (χ3n) is 4.71. The highest BCUT2D eigenvalue weighted by atomic mass is 19.1. The molecule has 25 heavy (non-hydrogen) atoms. The summed E-state index contributed by atoms with van der Waals surface area (Å²) < 4.78 is 20.2. The highest BCUT2D eigenvalue weighted by molar-refractivity contribution is 5.90. The molecule has 0 heterocycles. The maximum Gasteiger partial charge on any atom is 0.140 e. The van der Waals surface area contributed by atoms with Gasteiger partial charge in [-0.15, -0.1) is 0 Å². The number of nitrogens with one attached hydrogen (secondary N) is 1. The summed E-state index contributed by atoms with van der Waals surface area (Å²) in [7, 11) is 0. The van der Waals surface area contributed by atoms with Crippen molar-refractivity contribution in [2.75, 3.05) is 0 Å². The van der Waals surface area contributed by atoms with Crippen molar-refractivity contribution in [3.05, 3.63) is 71.3 Å². The Morgan fingerprint density at radius 3 is 2.64 bits per heavy atom. The summed E-state index contributed by atoms with van der Waals surface area (Å²) in [6.45, 7) is 8.87. The van der Waals surface area contributed by atoms with Gasteiger partial charge in [-0.2, -0.15) is 0 Å². The molecule has 1 saturated carbocycles. The fraction of sp³-hybridized carbons (Fsp3) is 0.333. The molecule has 1 fully saturated rings. The third kappa shape index (κ3) is 3.95. The van der Waals surface area contributed by atoms with Crippen LogP contribution >= 0.6 is 0 Å². The number of benzene rings is 1.